The van der Waals surface area contributed by atoms with Crippen LogP contribution in [0.25, 0.3) is 0 Å². The zero-order valence-corrected chi connectivity index (χ0v) is 36.1. The van der Waals surface area contributed by atoms with Gasteiger partial charge in [-0.25, -0.2) is 15.1 Å². The first-order valence-corrected chi connectivity index (χ1v) is 17.4. The van der Waals surface area contributed by atoms with E-state index in [4.69, 9.17) is 19.4 Å². The maximum atomic E-state index is 11.6. The van der Waals surface area contributed by atoms with E-state index in [2.05, 4.69) is 21.7 Å². The third-order valence-corrected chi connectivity index (χ3v) is 9.05. The van der Waals surface area contributed by atoms with Crippen molar-refractivity contribution >= 4 is 70.1 Å². The second kappa shape index (κ2) is 23.6. The van der Waals surface area contributed by atoms with Crippen LogP contribution in [0.1, 0.15) is 82.4 Å². The van der Waals surface area contributed by atoms with Crippen LogP contribution < -0.4 is 25.0 Å². The normalized spacial score (nSPS) is 17.4. The summed E-state index contributed by atoms with van der Waals surface area (Å²) >= 11 is 0. The largest absolute Gasteiger partial charge is 0.492 e. The lowest BCUT2D eigenvalue weighted by Crippen LogP contribution is -2.38. The highest BCUT2D eigenvalue weighted by Gasteiger charge is 2.25. The molecule has 0 fully saturated rings. The minimum Gasteiger partial charge on any atom is -0.492 e. The minimum absolute atomic E-state index is 0. The molecule has 3 aromatic rings. The first kappa shape index (κ1) is 50.4. The van der Waals surface area contributed by atoms with Gasteiger partial charge in [0, 0.05) is 61.8 Å². The molecule has 3 aliphatic rings. The zero-order valence-electron chi connectivity index (χ0n) is 33.1. The Morgan fingerprint density at radius 1 is 0.649 bits per heavy atom. The monoisotopic (exact) mass is 850 g/mol. The molecule has 18 heteroatoms. The molecule has 0 aromatic heterocycles. The number of hydrogen-bond donors (Lipinski definition) is 3. The van der Waals surface area contributed by atoms with E-state index in [9.17, 15) is 24.0 Å². The Balaban J connectivity index is 0.000000418. The number of carbonyl (C=O) groups is 5. The van der Waals surface area contributed by atoms with Crippen LogP contribution in [0, 0.1) is 0 Å². The van der Waals surface area contributed by atoms with E-state index in [1.807, 2.05) is 19.9 Å². The molecule has 0 aliphatic carbocycles. The van der Waals surface area contributed by atoms with Crippen LogP contribution in [0.3, 0.4) is 0 Å². The van der Waals surface area contributed by atoms with Gasteiger partial charge in [-0.1, -0.05) is 18.2 Å². The highest BCUT2D eigenvalue weighted by Crippen LogP contribution is 2.28. The van der Waals surface area contributed by atoms with Gasteiger partial charge in [0.25, 0.3) is 5.91 Å². The van der Waals surface area contributed by atoms with Crippen molar-refractivity contribution < 1.29 is 52.9 Å². The fraction of sp³-hybridized carbons (Fsp3) is 0.410. The van der Waals surface area contributed by atoms with Crippen molar-refractivity contribution in [3.63, 3.8) is 0 Å². The average molecular weight is 851 g/mol. The van der Waals surface area contributed by atoms with Crippen molar-refractivity contribution in [2.24, 2.45) is 0 Å². The lowest BCUT2D eigenvalue weighted by atomic mass is 10.1. The van der Waals surface area contributed by atoms with E-state index >= 15 is 0 Å². The van der Waals surface area contributed by atoms with Gasteiger partial charge in [-0.3, -0.25) is 19.6 Å². The Kier molecular flexibility index (Phi) is 20.8. The van der Waals surface area contributed by atoms with E-state index < -0.39 is 11.9 Å². The summed E-state index contributed by atoms with van der Waals surface area (Å²) in [5, 5.41) is 11.9. The molecule has 3 aliphatic heterocycles. The summed E-state index contributed by atoms with van der Waals surface area (Å²) in [6.45, 7) is 12.1. The Labute approximate surface area is 354 Å². The zero-order chi connectivity index (χ0) is 39.5. The summed E-state index contributed by atoms with van der Waals surface area (Å²) in [7, 11) is 2.72. The Hall–Kier alpha value is -4.62. The van der Waals surface area contributed by atoms with E-state index in [-0.39, 0.29) is 70.4 Å². The van der Waals surface area contributed by atoms with Crippen LogP contribution in [-0.4, -0.2) is 96.8 Å². The summed E-state index contributed by atoms with van der Waals surface area (Å²) in [6, 6.07) is 15.7. The highest BCUT2D eigenvalue weighted by molar-refractivity contribution is 7.59. The van der Waals surface area contributed by atoms with E-state index in [1.165, 1.54) is 21.1 Å². The summed E-state index contributed by atoms with van der Waals surface area (Å²) < 4.78 is 26.3. The minimum atomic E-state index is -0.591. The van der Waals surface area contributed by atoms with Crippen molar-refractivity contribution in [2.75, 3.05) is 34.0 Å². The Morgan fingerprint density at radius 3 is 1.46 bits per heavy atom. The number of hydroxylamine groups is 1. The molecule has 3 atom stereocenters. The summed E-state index contributed by atoms with van der Waals surface area (Å²) in [4.78, 5) is 60.8. The molecule has 0 saturated heterocycles. The second-order valence-corrected chi connectivity index (χ2v) is 13.1. The third kappa shape index (κ3) is 13.5. The number of nitrogens with zero attached hydrogens (tertiary/aromatic N) is 2. The molecule has 15 nitrogen and oxygen atoms in total. The smallest absolute Gasteiger partial charge is 0.337 e. The summed E-state index contributed by atoms with van der Waals surface area (Å²) in [5.74, 6) is 0.646. The molecule has 0 saturated carbocycles. The highest BCUT2D eigenvalue weighted by atomic mass is 32.1. The number of hydrogen-bond acceptors (Lipinski definition) is 12. The van der Waals surface area contributed by atoms with Crippen LogP contribution in [0.4, 0.5) is 0 Å². The maximum Gasteiger partial charge on any atom is 0.337 e. The van der Waals surface area contributed by atoms with Crippen molar-refractivity contribution in [1.29, 1.82) is 0 Å². The predicted molar refractivity (Wildman–Crippen MR) is 227 cm³/mol. The molecular weight excluding hydrogens is 797 g/mol. The standard InChI is InChI=1S/C14H17NO4.C13H16N2O4.C12H15NO3.3H2S/c1-9-8-19-13-6-11(14(17)18-3)4-5-12(13)7-15(9)10(2)16;1-8-7-19-12-5-10(13(17)14-18)3-4-11(12)6-15(8)9(2)16;1-8-7-16-11-5-9(12(14)15-2)3-4-10(11)6-13-8;;;/h4-6,9H,7-8H2,1-3H3;3-5,8,18H,6-7H2,1-2H3,(H,14,17);3-5,8,13H,6-7H2,1-2H3;3*1H2/t9-;2*8-;;;/m000.../s1. The number of rotatable bonds is 3. The van der Waals surface area contributed by atoms with Crippen molar-refractivity contribution in [3.8, 4) is 17.2 Å². The third-order valence-electron chi connectivity index (χ3n) is 9.05. The van der Waals surface area contributed by atoms with Crippen LogP contribution in [0.15, 0.2) is 54.6 Å². The predicted octanol–water partition coefficient (Wildman–Crippen LogP) is 4.22. The lowest BCUT2D eigenvalue weighted by molar-refractivity contribution is -0.132. The molecular formula is C39H54N4O11S3. The number of benzene rings is 3. The van der Waals surface area contributed by atoms with Gasteiger partial charge in [0.2, 0.25) is 11.8 Å². The van der Waals surface area contributed by atoms with Gasteiger partial charge in [-0.05, 0) is 57.2 Å². The van der Waals surface area contributed by atoms with Gasteiger partial charge in [0.15, 0.2) is 0 Å². The van der Waals surface area contributed by atoms with Gasteiger partial charge in [-0.15, -0.1) is 0 Å². The Morgan fingerprint density at radius 2 is 1.04 bits per heavy atom. The van der Waals surface area contributed by atoms with Crippen LogP contribution >= 0.6 is 40.5 Å². The lowest BCUT2D eigenvalue weighted by Gasteiger charge is -2.24. The number of esters is 2. The summed E-state index contributed by atoms with van der Waals surface area (Å²) in [6.07, 6.45) is 0. The number of carbonyl (C=O) groups excluding carboxylic acids is 5. The quantitative estimate of drug-likeness (QED) is 0.194. The van der Waals surface area contributed by atoms with Crippen molar-refractivity contribution in [2.45, 2.75) is 72.4 Å². The molecule has 0 bridgehead atoms. The topological polar surface area (TPSA) is 182 Å². The number of ether oxygens (including phenoxy) is 5. The van der Waals surface area contributed by atoms with E-state index in [1.54, 1.807) is 70.7 Å². The van der Waals surface area contributed by atoms with E-state index in [0.717, 1.165) is 29.0 Å². The molecule has 3 amide bonds. The van der Waals surface area contributed by atoms with Crippen LogP contribution in [-0.2, 0) is 38.7 Å². The van der Waals surface area contributed by atoms with Gasteiger partial charge in [-0.2, -0.15) is 40.5 Å². The molecule has 0 spiro atoms. The number of fused-ring (bicyclic) bond motifs is 3. The number of nitrogens with one attached hydrogen (secondary N) is 2. The van der Waals surface area contributed by atoms with Crippen molar-refractivity contribution in [3.05, 3.63) is 88.0 Å². The fourth-order valence-electron chi connectivity index (χ4n) is 5.85. The molecule has 57 heavy (non-hydrogen) atoms. The van der Waals surface area contributed by atoms with Crippen LogP contribution in [0.5, 0.6) is 17.2 Å². The average Bonchev–Trinajstić information content (AvgIpc) is 3.56. The molecule has 314 valence electrons. The molecule has 6 rings (SSSR count). The Bertz CT molecular complexity index is 1770. The molecule has 0 radical (unpaired) electrons. The van der Waals surface area contributed by atoms with Gasteiger partial charge in [0.05, 0.1) is 37.4 Å². The maximum absolute atomic E-state index is 11.6. The number of methoxy groups -OCH3 is 2. The van der Waals surface area contributed by atoms with Gasteiger partial charge in [0.1, 0.15) is 37.1 Å². The van der Waals surface area contributed by atoms with Gasteiger partial charge < -0.3 is 38.8 Å². The first-order chi connectivity index (χ1) is 25.8. The summed E-state index contributed by atoms with van der Waals surface area (Å²) in [5.41, 5.74) is 5.67. The molecule has 3 heterocycles. The SMILES string of the molecule is CC(=O)N1Cc2ccc(C(=O)NO)cc2OC[C@@H]1C.COC(=O)c1ccc2c(c1)OC[C@H](C)N(C(C)=O)C2.COC(=O)c1ccc2c(c1)OC[C@H](C)NC2.S.S.S. The first-order valence-electron chi connectivity index (χ1n) is 17.4. The van der Waals surface area contributed by atoms with Gasteiger partial charge >= 0.3 is 11.9 Å². The van der Waals surface area contributed by atoms with Crippen molar-refractivity contribution in [1.82, 2.24) is 20.6 Å². The molecule has 3 N–H and O–H groups in total. The van der Waals surface area contributed by atoms with Crippen LogP contribution in [0.2, 0.25) is 0 Å². The second-order valence-electron chi connectivity index (χ2n) is 13.1. The molecule has 0 unspecified atom stereocenters. The fourth-order valence-corrected chi connectivity index (χ4v) is 5.85. The molecule has 3 aromatic carbocycles. The van der Waals surface area contributed by atoms with E-state index in [0.29, 0.717) is 67.1 Å². The number of amides is 3.